The van der Waals surface area contributed by atoms with Gasteiger partial charge in [-0.2, -0.15) is 5.26 Å². The number of nitriles is 1. The number of anilines is 1. The summed E-state index contributed by atoms with van der Waals surface area (Å²) in [5.74, 6) is 0. The van der Waals surface area contributed by atoms with Gasteiger partial charge in [0.1, 0.15) is 6.07 Å². The molecule has 2 aromatic carbocycles. The smallest absolute Gasteiger partial charge is 0.101 e. The summed E-state index contributed by atoms with van der Waals surface area (Å²) in [6.45, 7) is 4.98. The monoisotopic (exact) mass is 250 g/mol. The average molecular weight is 250 g/mol. The molecule has 0 saturated carbocycles. The standard InChI is InChI=1S/C17H18N2/c1-13-7-4-5-9-16(13)12-19(3)17-14(2)8-6-10-15(17)11-18/h4-10H,12H2,1-3H3. The molecule has 0 aliphatic heterocycles. The van der Waals surface area contributed by atoms with Crippen LogP contribution in [0.1, 0.15) is 22.3 Å². The molecule has 0 aliphatic rings. The molecule has 0 bridgehead atoms. The largest absolute Gasteiger partial charge is 0.369 e. The van der Waals surface area contributed by atoms with E-state index in [-0.39, 0.29) is 0 Å². The van der Waals surface area contributed by atoms with Crippen LogP contribution in [0.15, 0.2) is 42.5 Å². The topological polar surface area (TPSA) is 27.0 Å². The maximum Gasteiger partial charge on any atom is 0.101 e. The zero-order chi connectivity index (χ0) is 13.8. The molecule has 2 rings (SSSR count). The summed E-state index contributed by atoms with van der Waals surface area (Å²) in [7, 11) is 2.04. The van der Waals surface area contributed by atoms with Crippen LogP contribution in [-0.4, -0.2) is 7.05 Å². The molecule has 0 atom stereocenters. The number of nitrogens with zero attached hydrogens (tertiary/aromatic N) is 2. The highest BCUT2D eigenvalue weighted by Crippen LogP contribution is 2.25. The summed E-state index contributed by atoms with van der Waals surface area (Å²) in [6, 6.07) is 16.5. The van der Waals surface area contributed by atoms with Crippen molar-refractivity contribution in [3.8, 4) is 6.07 Å². The molecule has 2 nitrogen and oxygen atoms in total. The summed E-state index contributed by atoms with van der Waals surface area (Å²) in [6.07, 6.45) is 0. The molecule has 0 spiro atoms. The predicted molar refractivity (Wildman–Crippen MR) is 79.2 cm³/mol. The first-order valence-corrected chi connectivity index (χ1v) is 6.39. The summed E-state index contributed by atoms with van der Waals surface area (Å²) < 4.78 is 0. The fourth-order valence-corrected chi connectivity index (χ4v) is 2.38. The Bertz CT molecular complexity index is 623. The van der Waals surface area contributed by atoms with Gasteiger partial charge in [-0.05, 0) is 36.6 Å². The molecule has 96 valence electrons. The molecule has 19 heavy (non-hydrogen) atoms. The first kappa shape index (κ1) is 13.2. The van der Waals surface area contributed by atoms with Crippen molar-refractivity contribution in [2.45, 2.75) is 20.4 Å². The van der Waals surface area contributed by atoms with Gasteiger partial charge < -0.3 is 4.90 Å². The molecule has 0 N–H and O–H groups in total. The van der Waals surface area contributed by atoms with Crippen molar-refractivity contribution in [2.75, 3.05) is 11.9 Å². The Hall–Kier alpha value is -2.27. The summed E-state index contributed by atoms with van der Waals surface area (Å²) in [5.41, 5.74) is 5.46. The highest BCUT2D eigenvalue weighted by atomic mass is 15.1. The Labute approximate surface area is 114 Å². The highest BCUT2D eigenvalue weighted by Gasteiger charge is 2.11. The second-order valence-electron chi connectivity index (χ2n) is 4.87. The van der Waals surface area contributed by atoms with Gasteiger partial charge in [0.2, 0.25) is 0 Å². The van der Waals surface area contributed by atoms with Crippen LogP contribution >= 0.6 is 0 Å². The van der Waals surface area contributed by atoms with Crippen molar-refractivity contribution in [3.63, 3.8) is 0 Å². The molecule has 2 aromatic rings. The van der Waals surface area contributed by atoms with Gasteiger partial charge in [-0.25, -0.2) is 0 Å². The van der Waals surface area contributed by atoms with E-state index in [0.29, 0.717) is 0 Å². The second kappa shape index (κ2) is 5.58. The van der Waals surface area contributed by atoms with E-state index in [1.807, 2.05) is 38.2 Å². The van der Waals surface area contributed by atoms with Crippen molar-refractivity contribution >= 4 is 5.69 Å². The van der Waals surface area contributed by atoms with Gasteiger partial charge in [-0.15, -0.1) is 0 Å². The van der Waals surface area contributed by atoms with E-state index in [1.54, 1.807) is 0 Å². The Morgan fingerprint density at radius 3 is 2.37 bits per heavy atom. The SMILES string of the molecule is Cc1ccccc1CN(C)c1c(C)cccc1C#N. The lowest BCUT2D eigenvalue weighted by Crippen LogP contribution is -2.19. The molecule has 0 radical (unpaired) electrons. The van der Waals surface area contributed by atoms with Crippen LogP contribution in [0.5, 0.6) is 0 Å². The molecule has 0 aliphatic carbocycles. The molecule has 2 heteroatoms. The molecule has 0 heterocycles. The number of hydrogen-bond donors (Lipinski definition) is 0. The van der Waals surface area contributed by atoms with Gasteiger partial charge >= 0.3 is 0 Å². The van der Waals surface area contributed by atoms with Crippen LogP contribution < -0.4 is 4.90 Å². The number of benzene rings is 2. The Morgan fingerprint density at radius 1 is 1.00 bits per heavy atom. The number of aryl methyl sites for hydroxylation is 2. The summed E-state index contributed by atoms with van der Waals surface area (Å²) in [4.78, 5) is 2.15. The van der Waals surface area contributed by atoms with E-state index in [1.165, 1.54) is 11.1 Å². The fraction of sp³-hybridized carbons (Fsp3) is 0.235. The minimum absolute atomic E-state index is 0.732. The second-order valence-corrected chi connectivity index (χ2v) is 4.87. The van der Waals surface area contributed by atoms with E-state index < -0.39 is 0 Å². The van der Waals surface area contributed by atoms with Gasteiger partial charge in [-0.1, -0.05) is 36.4 Å². The van der Waals surface area contributed by atoms with E-state index in [0.717, 1.165) is 23.4 Å². The van der Waals surface area contributed by atoms with Crippen LogP contribution in [0.3, 0.4) is 0 Å². The van der Waals surface area contributed by atoms with Gasteiger partial charge in [0.25, 0.3) is 0 Å². The third-order valence-electron chi connectivity index (χ3n) is 3.41. The molecule has 0 saturated heterocycles. The van der Waals surface area contributed by atoms with Crippen molar-refractivity contribution < 1.29 is 0 Å². The zero-order valence-electron chi connectivity index (χ0n) is 11.6. The van der Waals surface area contributed by atoms with E-state index in [2.05, 4.69) is 36.1 Å². The van der Waals surface area contributed by atoms with E-state index in [9.17, 15) is 5.26 Å². The van der Waals surface area contributed by atoms with Crippen LogP contribution in [0.25, 0.3) is 0 Å². The molecule has 0 fully saturated rings. The maximum atomic E-state index is 9.24. The average Bonchev–Trinajstić information content (AvgIpc) is 2.40. The lowest BCUT2D eigenvalue weighted by atomic mass is 10.1. The normalized spacial score (nSPS) is 10.0. The van der Waals surface area contributed by atoms with Crippen LogP contribution in [0, 0.1) is 25.2 Å². The molecular formula is C17H18N2. The number of hydrogen-bond acceptors (Lipinski definition) is 2. The minimum Gasteiger partial charge on any atom is -0.369 e. The third-order valence-corrected chi connectivity index (χ3v) is 3.41. The molecule has 0 aromatic heterocycles. The van der Waals surface area contributed by atoms with Crippen molar-refractivity contribution in [2.24, 2.45) is 0 Å². The van der Waals surface area contributed by atoms with Crippen molar-refractivity contribution in [1.29, 1.82) is 5.26 Å². The predicted octanol–water partition coefficient (Wildman–Crippen LogP) is 3.81. The lowest BCUT2D eigenvalue weighted by molar-refractivity contribution is 0.907. The van der Waals surface area contributed by atoms with Gasteiger partial charge in [0.05, 0.1) is 11.3 Å². The summed E-state index contributed by atoms with van der Waals surface area (Å²) >= 11 is 0. The maximum absolute atomic E-state index is 9.24. The minimum atomic E-state index is 0.732. The summed E-state index contributed by atoms with van der Waals surface area (Å²) in [5, 5.41) is 9.24. The van der Waals surface area contributed by atoms with E-state index in [4.69, 9.17) is 0 Å². The highest BCUT2D eigenvalue weighted by molar-refractivity contribution is 5.63. The quantitative estimate of drug-likeness (QED) is 0.828. The number of rotatable bonds is 3. The zero-order valence-corrected chi connectivity index (χ0v) is 11.6. The molecular weight excluding hydrogens is 232 g/mol. The van der Waals surface area contributed by atoms with Gasteiger partial charge in [0, 0.05) is 13.6 Å². The van der Waals surface area contributed by atoms with Gasteiger partial charge in [-0.3, -0.25) is 0 Å². The van der Waals surface area contributed by atoms with Gasteiger partial charge in [0.15, 0.2) is 0 Å². The number of para-hydroxylation sites is 1. The van der Waals surface area contributed by atoms with Crippen LogP contribution in [0.2, 0.25) is 0 Å². The van der Waals surface area contributed by atoms with Crippen molar-refractivity contribution in [3.05, 3.63) is 64.7 Å². The Kier molecular flexibility index (Phi) is 3.87. The molecule has 0 unspecified atom stereocenters. The van der Waals surface area contributed by atoms with Crippen LogP contribution in [-0.2, 0) is 6.54 Å². The lowest BCUT2D eigenvalue weighted by Gasteiger charge is -2.23. The first-order chi connectivity index (χ1) is 9.13. The Balaban J connectivity index is 2.34. The first-order valence-electron chi connectivity index (χ1n) is 6.39. The fourth-order valence-electron chi connectivity index (χ4n) is 2.38. The van der Waals surface area contributed by atoms with Crippen molar-refractivity contribution in [1.82, 2.24) is 0 Å². The van der Waals surface area contributed by atoms with Crippen LogP contribution in [0.4, 0.5) is 5.69 Å². The molecule has 0 amide bonds. The Morgan fingerprint density at radius 2 is 1.68 bits per heavy atom. The third kappa shape index (κ3) is 2.77. The van der Waals surface area contributed by atoms with E-state index >= 15 is 0 Å².